The van der Waals surface area contributed by atoms with Crippen LogP contribution in [-0.2, 0) is 4.79 Å². The van der Waals surface area contributed by atoms with E-state index in [1.54, 1.807) is 24.4 Å². The molecule has 118 valence electrons. The molecule has 0 aliphatic carbocycles. The highest BCUT2D eigenvalue weighted by molar-refractivity contribution is 6.30. The van der Waals surface area contributed by atoms with Crippen LogP contribution in [0.3, 0.4) is 0 Å². The number of carbonyl (C=O) groups excluding carboxylic acids is 1. The van der Waals surface area contributed by atoms with Crippen LogP contribution in [0.1, 0.15) is 11.1 Å². The van der Waals surface area contributed by atoms with Gasteiger partial charge in [-0.1, -0.05) is 66.2 Å². The number of nitrogens with one attached hydrogen (secondary N) is 1. The van der Waals surface area contributed by atoms with Crippen LogP contribution in [0.2, 0.25) is 5.02 Å². The third kappa shape index (κ3) is 4.09. The molecule has 0 radical (unpaired) electrons. The van der Waals surface area contributed by atoms with E-state index in [-0.39, 0.29) is 5.91 Å². The summed E-state index contributed by atoms with van der Waals surface area (Å²) in [5, 5.41) is 6.91. The molecular formula is C20H15ClN2O. The SMILES string of the molecule is O=C(/C=C/c1ccc(Cl)cc1)N/N=C\c1cccc2ccccc12. The smallest absolute Gasteiger partial charge is 0.264 e. The van der Waals surface area contributed by atoms with Crippen molar-refractivity contribution in [1.29, 1.82) is 0 Å². The quantitative estimate of drug-likeness (QED) is 0.421. The van der Waals surface area contributed by atoms with Gasteiger partial charge in [0.15, 0.2) is 0 Å². The van der Waals surface area contributed by atoms with Gasteiger partial charge in [0, 0.05) is 16.7 Å². The van der Waals surface area contributed by atoms with Gasteiger partial charge < -0.3 is 0 Å². The lowest BCUT2D eigenvalue weighted by atomic mass is 10.1. The first-order valence-electron chi connectivity index (χ1n) is 7.47. The van der Waals surface area contributed by atoms with Crippen molar-refractivity contribution in [2.24, 2.45) is 5.10 Å². The lowest BCUT2D eigenvalue weighted by molar-refractivity contribution is -0.116. The van der Waals surface area contributed by atoms with E-state index in [1.807, 2.05) is 54.6 Å². The van der Waals surface area contributed by atoms with Gasteiger partial charge >= 0.3 is 0 Å². The standard InChI is InChI=1S/C20H15ClN2O/c21-18-11-8-15(9-12-18)10-13-20(24)23-22-14-17-6-3-5-16-4-1-2-7-19(16)17/h1-14H,(H,23,24)/b13-10+,22-14-. The van der Waals surface area contributed by atoms with E-state index in [0.717, 1.165) is 21.9 Å². The van der Waals surface area contributed by atoms with Crippen LogP contribution in [0.5, 0.6) is 0 Å². The Bertz CT molecular complexity index is 909. The summed E-state index contributed by atoms with van der Waals surface area (Å²) in [7, 11) is 0. The summed E-state index contributed by atoms with van der Waals surface area (Å²) in [5.41, 5.74) is 4.34. The number of benzene rings is 3. The van der Waals surface area contributed by atoms with E-state index in [0.29, 0.717) is 5.02 Å². The number of rotatable bonds is 4. The molecule has 4 heteroatoms. The maximum absolute atomic E-state index is 11.8. The van der Waals surface area contributed by atoms with Gasteiger partial charge in [-0.15, -0.1) is 0 Å². The minimum atomic E-state index is -0.290. The van der Waals surface area contributed by atoms with E-state index < -0.39 is 0 Å². The third-order valence-electron chi connectivity index (χ3n) is 3.50. The van der Waals surface area contributed by atoms with Crippen LogP contribution in [0.15, 0.2) is 77.9 Å². The van der Waals surface area contributed by atoms with E-state index in [4.69, 9.17) is 11.6 Å². The monoisotopic (exact) mass is 334 g/mol. The minimum Gasteiger partial charge on any atom is -0.268 e. The average molecular weight is 335 g/mol. The summed E-state index contributed by atoms with van der Waals surface area (Å²) in [5.74, 6) is -0.290. The molecule has 0 aliphatic rings. The minimum absolute atomic E-state index is 0.290. The fraction of sp³-hybridized carbons (Fsp3) is 0. The molecule has 1 amide bonds. The molecule has 0 aliphatic heterocycles. The van der Waals surface area contributed by atoms with Gasteiger partial charge in [-0.2, -0.15) is 5.10 Å². The molecule has 24 heavy (non-hydrogen) atoms. The zero-order chi connectivity index (χ0) is 16.8. The largest absolute Gasteiger partial charge is 0.268 e. The average Bonchev–Trinajstić information content (AvgIpc) is 2.61. The summed E-state index contributed by atoms with van der Waals surface area (Å²) in [6, 6.07) is 21.2. The van der Waals surface area contributed by atoms with Crippen LogP contribution >= 0.6 is 11.6 Å². The van der Waals surface area contributed by atoms with E-state index >= 15 is 0 Å². The van der Waals surface area contributed by atoms with Crippen molar-refractivity contribution in [2.45, 2.75) is 0 Å². The summed E-state index contributed by atoms with van der Waals surface area (Å²) in [6.07, 6.45) is 4.79. The second-order valence-electron chi connectivity index (χ2n) is 5.19. The molecule has 0 saturated heterocycles. The molecule has 3 aromatic rings. The van der Waals surface area contributed by atoms with Crippen molar-refractivity contribution in [3.8, 4) is 0 Å². The molecule has 0 unspecified atom stereocenters. The second kappa shape index (κ2) is 7.57. The number of hydrazone groups is 1. The zero-order valence-corrected chi connectivity index (χ0v) is 13.6. The highest BCUT2D eigenvalue weighted by Gasteiger charge is 1.97. The van der Waals surface area contributed by atoms with Gasteiger partial charge in [0.1, 0.15) is 0 Å². The Morgan fingerprint density at radius 2 is 1.71 bits per heavy atom. The summed E-state index contributed by atoms with van der Waals surface area (Å²) >= 11 is 5.82. The summed E-state index contributed by atoms with van der Waals surface area (Å²) in [6.45, 7) is 0. The van der Waals surface area contributed by atoms with Crippen molar-refractivity contribution in [2.75, 3.05) is 0 Å². The summed E-state index contributed by atoms with van der Waals surface area (Å²) < 4.78 is 0. The molecule has 0 saturated carbocycles. The lowest BCUT2D eigenvalue weighted by Gasteiger charge is -2.01. The number of nitrogens with zero attached hydrogens (tertiary/aromatic N) is 1. The molecule has 1 N–H and O–H groups in total. The third-order valence-corrected chi connectivity index (χ3v) is 3.75. The zero-order valence-electron chi connectivity index (χ0n) is 12.8. The van der Waals surface area contributed by atoms with Crippen LogP contribution in [0, 0.1) is 0 Å². The highest BCUT2D eigenvalue weighted by Crippen LogP contribution is 2.16. The Morgan fingerprint density at radius 1 is 0.958 bits per heavy atom. The fourth-order valence-corrected chi connectivity index (χ4v) is 2.44. The maximum Gasteiger partial charge on any atom is 0.264 e. The second-order valence-corrected chi connectivity index (χ2v) is 5.62. The first-order chi connectivity index (χ1) is 11.7. The number of carbonyl (C=O) groups is 1. The molecule has 3 aromatic carbocycles. The van der Waals surface area contributed by atoms with Crippen LogP contribution in [0.25, 0.3) is 16.8 Å². The van der Waals surface area contributed by atoms with Crippen molar-refractivity contribution >= 4 is 40.6 Å². The van der Waals surface area contributed by atoms with Crippen LogP contribution in [-0.4, -0.2) is 12.1 Å². The van der Waals surface area contributed by atoms with Crippen LogP contribution in [0.4, 0.5) is 0 Å². The molecule has 0 spiro atoms. The molecule has 0 atom stereocenters. The predicted molar refractivity (Wildman–Crippen MR) is 100 cm³/mol. The Morgan fingerprint density at radius 3 is 2.54 bits per heavy atom. The first-order valence-corrected chi connectivity index (χ1v) is 7.84. The Kier molecular flexibility index (Phi) is 5.04. The molecule has 0 fully saturated rings. The van der Waals surface area contributed by atoms with Crippen molar-refractivity contribution in [1.82, 2.24) is 5.43 Å². The van der Waals surface area contributed by atoms with Crippen LogP contribution < -0.4 is 5.43 Å². The van der Waals surface area contributed by atoms with Crippen molar-refractivity contribution in [3.05, 3.63) is 89.0 Å². The molecular weight excluding hydrogens is 320 g/mol. The van der Waals surface area contributed by atoms with Gasteiger partial charge in [0.05, 0.1) is 6.21 Å². The van der Waals surface area contributed by atoms with Gasteiger partial charge in [-0.25, -0.2) is 5.43 Å². The molecule has 3 rings (SSSR count). The topological polar surface area (TPSA) is 41.5 Å². The first kappa shape index (κ1) is 16.0. The van der Waals surface area contributed by atoms with Gasteiger partial charge in [0.2, 0.25) is 0 Å². The number of hydrogen-bond acceptors (Lipinski definition) is 2. The van der Waals surface area contributed by atoms with E-state index in [9.17, 15) is 4.79 Å². The number of hydrogen-bond donors (Lipinski definition) is 1. The van der Waals surface area contributed by atoms with E-state index in [1.165, 1.54) is 6.08 Å². The Balaban J connectivity index is 1.65. The van der Waals surface area contributed by atoms with Gasteiger partial charge in [0.25, 0.3) is 5.91 Å². The summed E-state index contributed by atoms with van der Waals surface area (Å²) in [4.78, 5) is 11.8. The molecule has 0 bridgehead atoms. The van der Waals surface area contributed by atoms with Gasteiger partial charge in [-0.3, -0.25) is 4.79 Å². The molecule has 0 heterocycles. The molecule has 0 aromatic heterocycles. The Labute approximate surface area is 145 Å². The molecule has 3 nitrogen and oxygen atoms in total. The van der Waals surface area contributed by atoms with Crippen molar-refractivity contribution < 1.29 is 4.79 Å². The van der Waals surface area contributed by atoms with E-state index in [2.05, 4.69) is 10.5 Å². The number of amides is 1. The lowest BCUT2D eigenvalue weighted by Crippen LogP contribution is -2.14. The Hall–Kier alpha value is -2.91. The predicted octanol–water partition coefficient (Wildman–Crippen LogP) is 4.66. The maximum atomic E-state index is 11.8. The number of fused-ring (bicyclic) bond motifs is 1. The fourth-order valence-electron chi connectivity index (χ4n) is 2.31. The highest BCUT2D eigenvalue weighted by atomic mass is 35.5. The van der Waals surface area contributed by atoms with Crippen molar-refractivity contribution in [3.63, 3.8) is 0 Å². The van der Waals surface area contributed by atoms with Gasteiger partial charge in [-0.05, 0) is 34.5 Å². The normalized spacial score (nSPS) is 11.4. The number of halogens is 1.